The van der Waals surface area contributed by atoms with Crippen LogP contribution >= 0.6 is 0 Å². The van der Waals surface area contributed by atoms with Gasteiger partial charge in [-0.3, -0.25) is 9.78 Å². The fraction of sp³-hybridized carbons (Fsp3) is 0. The summed E-state index contributed by atoms with van der Waals surface area (Å²) in [7, 11) is 0. The molecule has 0 unspecified atom stereocenters. The summed E-state index contributed by atoms with van der Waals surface area (Å²) in [6.07, 6.45) is 2.36. The minimum Gasteiger partial charge on any atom is -0.454 e. The third-order valence-corrected chi connectivity index (χ3v) is 4.42. The number of carbonyl (C=O) groups is 1. The van der Waals surface area contributed by atoms with Crippen LogP contribution < -0.4 is 26.8 Å². The van der Waals surface area contributed by atoms with Gasteiger partial charge in [0.1, 0.15) is 29.0 Å². The van der Waals surface area contributed by atoms with Gasteiger partial charge in [-0.15, -0.1) is 0 Å². The number of pyridine rings is 1. The monoisotopic (exact) mass is 468 g/mol. The zero-order chi connectivity index (χ0) is 24.2. The van der Waals surface area contributed by atoms with E-state index in [-0.39, 0.29) is 40.1 Å². The number of nitrogens with zero attached hydrogens (tertiary/aromatic N) is 2. The fourth-order valence-corrected chi connectivity index (χ4v) is 2.87. The summed E-state index contributed by atoms with van der Waals surface area (Å²) in [5.74, 6) is -3.18. The fourth-order valence-electron chi connectivity index (χ4n) is 2.87. The number of amides is 1. The lowest BCUT2D eigenvalue weighted by atomic mass is 10.2. The van der Waals surface area contributed by atoms with Gasteiger partial charge in [0.25, 0.3) is 5.91 Å². The number of aromatic amines is 1. The molecule has 12 heteroatoms. The summed E-state index contributed by atoms with van der Waals surface area (Å²) in [4.78, 5) is 34.0. The third-order valence-electron chi connectivity index (χ3n) is 4.42. The lowest BCUT2D eigenvalue weighted by molar-refractivity contribution is 0.102. The Hall–Kier alpha value is -4.87. The number of H-pyrrole nitrogens is 1. The summed E-state index contributed by atoms with van der Waals surface area (Å²) in [6.45, 7) is 0. The highest BCUT2D eigenvalue weighted by atomic mass is 19.1. The Bertz CT molecular complexity index is 1440. The molecule has 9 nitrogen and oxygen atoms in total. The van der Waals surface area contributed by atoms with Crippen molar-refractivity contribution in [3.05, 3.63) is 94.4 Å². The number of benzene rings is 2. The first kappa shape index (κ1) is 22.3. The molecule has 0 bridgehead atoms. The van der Waals surface area contributed by atoms with E-state index in [0.29, 0.717) is 6.07 Å². The van der Waals surface area contributed by atoms with Crippen molar-refractivity contribution in [2.45, 2.75) is 0 Å². The maximum atomic E-state index is 14.6. The second kappa shape index (κ2) is 9.32. The van der Waals surface area contributed by atoms with E-state index in [1.807, 2.05) is 0 Å². The van der Waals surface area contributed by atoms with Crippen molar-refractivity contribution < 1.29 is 22.7 Å². The lowest BCUT2D eigenvalue weighted by Gasteiger charge is -2.13. The summed E-state index contributed by atoms with van der Waals surface area (Å²) in [6, 6.07) is 9.35. The van der Waals surface area contributed by atoms with E-state index in [0.717, 1.165) is 24.4 Å². The van der Waals surface area contributed by atoms with E-state index in [1.54, 1.807) is 0 Å². The quantitative estimate of drug-likeness (QED) is 0.336. The normalized spacial score (nSPS) is 10.6. The Kier molecular flexibility index (Phi) is 6.12. The number of nitrogen functional groups attached to an aromatic ring is 1. The van der Waals surface area contributed by atoms with Crippen molar-refractivity contribution in [1.82, 2.24) is 15.0 Å². The van der Waals surface area contributed by atoms with Crippen LogP contribution in [0.4, 0.5) is 36.2 Å². The predicted octanol–water partition coefficient (Wildman–Crippen LogP) is 3.95. The van der Waals surface area contributed by atoms with Crippen molar-refractivity contribution in [2.75, 3.05) is 16.4 Å². The summed E-state index contributed by atoms with van der Waals surface area (Å²) >= 11 is 0. The molecule has 0 aliphatic carbocycles. The molecule has 4 rings (SSSR count). The highest BCUT2D eigenvalue weighted by Gasteiger charge is 2.17. The first-order valence-corrected chi connectivity index (χ1v) is 9.60. The highest BCUT2D eigenvalue weighted by molar-refractivity contribution is 6.07. The van der Waals surface area contributed by atoms with Crippen LogP contribution in [0.2, 0.25) is 0 Å². The van der Waals surface area contributed by atoms with Crippen molar-refractivity contribution in [3.63, 3.8) is 0 Å². The average molecular weight is 468 g/mol. The molecule has 0 aliphatic rings. The Morgan fingerprint density at radius 1 is 1.00 bits per heavy atom. The van der Waals surface area contributed by atoms with E-state index in [2.05, 4.69) is 25.6 Å². The van der Waals surface area contributed by atoms with Crippen LogP contribution in [-0.2, 0) is 0 Å². The van der Waals surface area contributed by atoms with Crippen LogP contribution in [-0.4, -0.2) is 20.9 Å². The molecule has 4 aromatic rings. The van der Waals surface area contributed by atoms with Crippen molar-refractivity contribution in [2.24, 2.45) is 0 Å². The third kappa shape index (κ3) is 5.12. The van der Waals surface area contributed by atoms with E-state index >= 15 is 0 Å². The molecule has 0 spiro atoms. The number of rotatable bonds is 6. The minimum absolute atomic E-state index is 0.107. The van der Waals surface area contributed by atoms with Gasteiger partial charge in [0, 0.05) is 36.3 Å². The lowest BCUT2D eigenvalue weighted by Crippen LogP contribution is -2.20. The zero-order valence-electron chi connectivity index (χ0n) is 17.1. The number of nitrogens with one attached hydrogen (secondary N) is 3. The molecule has 5 N–H and O–H groups in total. The Balaban J connectivity index is 1.56. The minimum atomic E-state index is -0.992. The molecular weight excluding hydrogens is 453 g/mol. The topological polar surface area (TPSA) is 135 Å². The van der Waals surface area contributed by atoms with Gasteiger partial charge < -0.3 is 21.1 Å². The SMILES string of the molecule is Nc1cc(Oc2ccc(Nc3[nH]c(=O)ncc3C(=O)Nc3ccc(F)cc3F)cc2F)ccn1. The molecule has 0 saturated carbocycles. The molecule has 172 valence electrons. The number of hydrogen-bond donors (Lipinski definition) is 4. The maximum absolute atomic E-state index is 14.6. The van der Waals surface area contributed by atoms with Crippen LogP contribution in [0, 0.1) is 17.5 Å². The number of ether oxygens (including phenoxy) is 1. The van der Waals surface area contributed by atoms with Gasteiger partial charge in [-0.1, -0.05) is 0 Å². The van der Waals surface area contributed by atoms with E-state index < -0.39 is 29.0 Å². The van der Waals surface area contributed by atoms with Crippen LogP contribution in [0.5, 0.6) is 11.5 Å². The smallest absolute Gasteiger partial charge is 0.346 e. The summed E-state index contributed by atoms with van der Waals surface area (Å²) in [5.41, 5.74) is 4.47. The number of anilines is 4. The van der Waals surface area contributed by atoms with E-state index in [4.69, 9.17) is 10.5 Å². The molecule has 2 aromatic carbocycles. The number of carbonyl (C=O) groups excluding carboxylic acids is 1. The van der Waals surface area contributed by atoms with Crippen LogP contribution in [0.1, 0.15) is 10.4 Å². The molecule has 0 radical (unpaired) electrons. The molecule has 0 saturated heterocycles. The Morgan fingerprint density at radius 3 is 2.56 bits per heavy atom. The van der Waals surface area contributed by atoms with Crippen molar-refractivity contribution in [3.8, 4) is 11.5 Å². The number of nitrogens with two attached hydrogens (primary N) is 1. The van der Waals surface area contributed by atoms with E-state index in [1.165, 1.54) is 30.5 Å². The molecule has 34 heavy (non-hydrogen) atoms. The van der Waals surface area contributed by atoms with Gasteiger partial charge in [-0.05, 0) is 30.3 Å². The molecule has 1 amide bonds. The van der Waals surface area contributed by atoms with Crippen LogP contribution in [0.25, 0.3) is 0 Å². The first-order chi connectivity index (χ1) is 16.3. The van der Waals surface area contributed by atoms with Gasteiger partial charge in [0.2, 0.25) is 0 Å². The maximum Gasteiger partial charge on any atom is 0.346 e. The van der Waals surface area contributed by atoms with Gasteiger partial charge in [-0.2, -0.15) is 0 Å². The molecule has 0 fully saturated rings. The second-order valence-electron chi connectivity index (χ2n) is 6.84. The number of halogens is 3. The highest BCUT2D eigenvalue weighted by Crippen LogP contribution is 2.28. The van der Waals surface area contributed by atoms with Crippen molar-refractivity contribution in [1.29, 1.82) is 0 Å². The number of aromatic nitrogens is 3. The van der Waals surface area contributed by atoms with Gasteiger partial charge in [0.05, 0.1) is 11.3 Å². The van der Waals surface area contributed by atoms with Gasteiger partial charge in [-0.25, -0.2) is 27.9 Å². The summed E-state index contributed by atoms with van der Waals surface area (Å²) in [5, 5.41) is 4.97. The Morgan fingerprint density at radius 2 is 1.82 bits per heavy atom. The van der Waals surface area contributed by atoms with Crippen LogP contribution in [0.15, 0.2) is 65.7 Å². The van der Waals surface area contributed by atoms with Gasteiger partial charge >= 0.3 is 5.69 Å². The first-order valence-electron chi connectivity index (χ1n) is 9.60. The molecule has 0 aliphatic heterocycles. The average Bonchev–Trinajstić information content (AvgIpc) is 2.78. The standard InChI is InChI=1S/C22H15F3N6O3/c23-11-1-3-17(15(24)7-11)30-21(32)14-10-28-22(33)31-20(14)29-12-2-4-18(16(25)8-12)34-13-5-6-27-19(26)9-13/h1-10H,(H2,26,27)(H,30,32)(H2,28,29,31,33). The second-order valence-corrected chi connectivity index (χ2v) is 6.84. The predicted molar refractivity (Wildman–Crippen MR) is 118 cm³/mol. The molecule has 2 aromatic heterocycles. The van der Waals surface area contributed by atoms with Crippen LogP contribution in [0.3, 0.4) is 0 Å². The molecule has 0 atom stereocenters. The Labute approximate surface area is 189 Å². The largest absolute Gasteiger partial charge is 0.454 e. The van der Waals surface area contributed by atoms with E-state index in [9.17, 15) is 22.8 Å². The molecular formula is C22H15F3N6O3. The van der Waals surface area contributed by atoms with Gasteiger partial charge in [0.15, 0.2) is 11.6 Å². The zero-order valence-corrected chi connectivity index (χ0v) is 17.1. The number of hydrogen-bond acceptors (Lipinski definition) is 7. The van der Waals surface area contributed by atoms with Crippen molar-refractivity contribution >= 4 is 28.9 Å². The molecule has 2 heterocycles. The summed E-state index contributed by atoms with van der Waals surface area (Å²) < 4.78 is 47.0.